The minimum absolute atomic E-state index is 0.287. The molecule has 150 valence electrons. The van der Waals surface area contributed by atoms with Gasteiger partial charge in [-0.25, -0.2) is 9.82 Å². The number of rotatable bonds is 7. The number of anilines is 5. The van der Waals surface area contributed by atoms with Gasteiger partial charge in [-0.15, -0.1) is 0 Å². The van der Waals surface area contributed by atoms with Gasteiger partial charge < -0.3 is 15.1 Å². The van der Waals surface area contributed by atoms with Gasteiger partial charge in [0.05, 0.1) is 6.21 Å². The molecule has 0 aliphatic rings. The molecule has 0 fully saturated rings. The Hall–Kier alpha value is -3.75. The van der Waals surface area contributed by atoms with Crippen LogP contribution in [0.25, 0.3) is 0 Å². The zero-order valence-electron chi connectivity index (χ0n) is 16.8. The van der Waals surface area contributed by atoms with Crippen molar-refractivity contribution in [2.24, 2.45) is 5.10 Å². The van der Waals surface area contributed by atoms with E-state index in [0.29, 0.717) is 17.6 Å². The summed E-state index contributed by atoms with van der Waals surface area (Å²) in [4.78, 5) is 16.8. The Labute approximate surface area is 169 Å². The van der Waals surface area contributed by atoms with Crippen molar-refractivity contribution in [1.29, 1.82) is 0 Å². The van der Waals surface area contributed by atoms with E-state index in [1.165, 1.54) is 12.1 Å². The molecule has 0 aliphatic carbocycles. The lowest BCUT2D eigenvalue weighted by Crippen LogP contribution is -2.15. The largest absolute Gasteiger partial charge is 0.378 e. The van der Waals surface area contributed by atoms with Crippen LogP contribution in [0.4, 0.5) is 33.6 Å². The Morgan fingerprint density at radius 1 is 0.828 bits per heavy atom. The first-order chi connectivity index (χ1) is 13.9. The summed E-state index contributed by atoms with van der Waals surface area (Å²) < 4.78 is 13.1. The Morgan fingerprint density at radius 3 is 2.10 bits per heavy atom. The quantitative estimate of drug-likeness (QED) is 0.470. The highest BCUT2D eigenvalue weighted by Crippen LogP contribution is 2.17. The van der Waals surface area contributed by atoms with Crippen molar-refractivity contribution in [3.05, 3.63) is 59.9 Å². The number of benzene rings is 2. The first-order valence-corrected chi connectivity index (χ1v) is 8.93. The Morgan fingerprint density at radius 2 is 1.48 bits per heavy atom. The average molecular weight is 394 g/mol. The van der Waals surface area contributed by atoms with Crippen LogP contribution in [0.15, 0.2) is 53.6 Å². The molecule has 1 heterocycles. The van der Waals surface area contributed by atoms with Crippen LogP contribution >= 0.6 is 0 Å². The predicted octanol–water partition coefficient (Wildman–Crippen LogP) is 3.33. The molecular formula is C20H23FN8. The van der Waals surface area contributed by atoms with Crippen molar-refractivity contribution in [3.63, 3.8) is 0 Å². The summed E-state index contributed by atoms with van der Waals surface area (Å²) in [5, 5.41) is 7.25. The zero-order chi connectivity index (χ0) is 20.8. The maximum absolute atomic E-state index is 13.1. The van der Waals surface area contributed by atoms with E-state index in [2.05, 4.69) is 30.8 Å². The summed E-state index contributed by atoms with van der Waals surface area (Å²) in [6.07, 6.45) is 1.69. The highest BCUT2D eigenvalue weighted by atomic mass is 19.1. The maximum atomic E-state index is 13.1. The molecular weight excluding hydrogens is 371 g/mol. The molecule has 2 N–H and O–H groups in total. The third-order valence-electron chi connectivity index (χ3n) is 3.91. The van der Waals surface area contributed by atoms with Gasteiger partial charge in [0.2, 0.25) is 17.8 Å². The van der Waals surface area contributed by atoms with Crippen molar-refractivity contribution in [1.82, 2.24) is 15.0 Å². The smallest absolute Gasteiger partial charge is 0.250 e. The van der Waals surface area contributed by atoms with E-state index in [1.807, 2.05) is 57.4 Å². The van der Waals surface area contributed by atoms with Gasteiger partial charge >= 0.3 is 0 Å². The Bertz CT molecular complexity index is 969. The van der Waals surface area contributed by atoms with Crippen molar-refractivity contribution < 1.29 is 4.39 Å². The number of nitrogens with one attached hydrogen (secondary N) is 2. The fourth-order valence-electron chi connectivity index (χ4n) is 2.36. The van der Waals surface area contributed by atoms with Crippen molar-refractivity contribution in [3.8, 4) is 0 Å². The fraction of sp³-hybridized carbons (Fsp3) is 0.200. The summed E-state index contributed by atoms with van der Waals surface area (Å²) in [6.45, 7) is 0. The molecule has 9 heteroatoms. The van der Waals surface area contributed by atoms with Crippen LogP contribution in [-0.2, 0) is 0 Å². The number of nitrogens with zero attached hydrogens (tertiary/aromatic N) is 6. The second-order valence-electron chi connectivity index (χ2n) is 6.66. The fourth-order valence-corrected chi connectivity index (χ4v) is 2.36. The molecule has 8 nitrogen and oxygen atoms in total. The monoisotopic (exact) mass is 394 g/mol. The van der Waals surface area contributed by atoms with Crippen LogP contribution in [0.2, 0.25) is 0 Å². The van der Waals surface area contributed by atoms with E-state index in [0.717, 1.165) is 11.3 Å². The normalized spacial score (nSPS) is 10.8. The molecule has 3 rings (SSSR count). The predicted molar refractivity (Wildman–Crippen MR) is 116 cm³/mol. The average Bonchev–Trinajstić information content (AvgIpc) is 2.70. The van der Waals surface area contributed by atoms with E-state index in [1.54, 1.807) is 23.2 Å². The van der Waals surface area contributed by atoms with Crippen LogP contribution in [0.5, 0.6) is 0 Å². The lowest BCUT2D eigenvalue weighted by molar-refractivity contribution is 0.628. The Balaban J connectivity index is 1.75. The molecule has 0 spiro atoms. The van der Waals surface area contributed by atoms with Crippen LogP contribution in [0, 0.1) is 5.82 Å². The number of hydrogen-bond acceptors (Lipinski definition) is 8. The van der Waals surface area contributed by atoms with Gasteiger partial charge in [-0.05, 0) is 42.0 Å². The van der Waals surface area contributed by atoms with E-state index < -0.39 is 0 Å². The lowest BCUT2D eigenvalue weighted by Gasteiger charge is -2.13. The first kappa shape index (κ1) is 20.0. The highest BCUT2D eigenvalue weighted by molar-refractivity contribution is 5.80. The summed E-state index contributed by atoms with van der Waals surface area (Å²) in [5.41, 5.74) is 5.55. The molecule has 0 amide bonds. The highest BCUT2D eigenvalue weighted by Gasteiger charge is 2.08. The SMILES string of the molecule is CN(C)c1ccc(/C=N\Nc2nc(Nc3ccc(F)cc3)nc(N(C)C)n2)cc1. The molecule has 0 bridgehead atoms. The van der Waals surface area contributed by atoms with Crippen molar-refractivity contribution in [2.45, 2.75) is 0 Å². The van der Waals surface area contributed by atoms with Crippen LogP contribution in [0.1, 0.15) is 5.56 Å². The van der Waals surface area contributed by atoms with Gasteiger partial charge in [0.1, 0.15) is 5.82 Å². The second-order valence-corrected chi connectivity index (χ2v) is 6.66. The third-order valence-corrected chi connectivity index (χ3v) is 3.91. The summed E-state index contributed by atoms with van der Waals surface area (Å²) >= 11 is 0. The van der Waals surface area contributed by atoms with Crippen molar-refractivity contribution >= 4 is 35.4 Å². The third kappa shape index (κ3) is 5.61. The molecule has 0 atom stereocenters. The van der Waals surface area contributed by atoms with Gasteiger partial charge in [0.25, 0.3) is 0 Å². The van der Waals surface area contributed by atoms with Gasteiger partial charge in [0.15, 0.2) is 0 Å². The standard InChI is InChI=1S/C20H23FN8/c1-28(2)17-11-5-14(6-12-17)13-22-27-19-24-18(25-20(26-19)29(3)4)23-16-9-7-15(21)8-10-16/h5-13H,1-4H3,(H2,23,24,25,26,27)/b22-13-. The lowest BCUT2D eigenvalue weighted by atomic mass is 10.2. The van der Waals surface area contributed by atoms with Crippen LogP contribution in [-0.4, -0.2) is 49.4 Å². The minimum Gasteiger partial charge on any atom is -0.378 e. The minimum atomic E-state index is -0.310. The summed E-state index contributed by atoms with van der Waals surface area (Å²) in [6, 6.07) is 13.9. The van der Waals surface area contributed by atoms with Gasteiger partial charge in [-0.3, -0.25) is 0 Å². The molecule has 0 unspecified atom stereocenters. The maximum Gasteiger partial charge on any atom is 0.250 e. The molecule has 2 aromatic carbocycles. The molecule has 3 aromatic rings. The van der Waals surface area contributed by atoms with Crippen LogP contribution < -0.4 is 20.5 Å². The first-order valence-electron chi connectivity index (χ1n) is 8.93. The van der Waals surface area contributed by atoms with Crippen LogP contribution in [0.3, 0.4) is 0 Å². The second kappa shape index (κ2) is 8.96. The van der Waals surface area contributed by atoms with E-state index in [-0.39, 0.29) is 11.8 Å². The van der Waals surface area contributed by atoms with Gasteiger partial charge in [-0.2, -0.15) is 20.1 Å². The Kier molecular flexibility index (Phi) is 6.18. The van der Waals surface area contributed by atoms with Crippen molar-refractivity contribution in [2.75, 3.05) is 48.7 Å². The van der Waals surface area contributed by atoms with E-state index in [9.17, 15) is 4.39 Å². The number of aromatic nitrogens is 3. The molecule has 0 radical (unpaired) electrons. The van der Waals surface area contributed by atoms with E-state index >= 15 is 0 Å². The van der Waals surface area contributed by atoms with E-state index in [4.69, 9.17) is 0 Å². The summed E-state index contributed by atoms with van der Waals surface area (Å²) in [5.74, 6) is 0.756. The summed E-state index contributed by atoms with van der Waals surface area (Å²) in [7, 11) is 7.64. The zero-order valence-corrected chi connectivity index (χ0v) is 16.8. The number of hydrogen-bond donors (Lipinski definition) is 2. The molecule has 0 saturated heterocycles. The molecule has 1 aromatic heterocycles. The molecule has 0 saturated carbocycles. The molecule has 29 heavy (non-hydrogen) atoms. The van der Waals surface area contributed by atoms with Gasteiger partial charge in [0, 0.05) is 39.6 Å². The van der Waals surface area contributed by atoms with Gasteiger partial charge in [-0.1, -0.05) is 12.1 Å². The topological polar surface area (TPSA) is 81.6 Å². The number of halogens is 1. The molecule has 0 aliphatic heterocycles. The number of hydrazone groups is 1.